The third kappa shape index (κ3) is 3.10. The van der Waals surface area contributed by atoms with Crippen molar-refractivity contribution in [3.05, 3.63) is 29.1 Å². The second-order valence-electron chi connectivity index (χ2n) is 3.24. The predicted octanol–water partition coefficient (Wildman–Crippen LogP) is 3.21. The SMILES string of the molecule is NCCCCSc1c(F)c(F)c(F)c(F)c1F. The molecule has 0 atom stereocenters. The van der Waals surface area contributed by atoms with E-state index >= 15 is 0 Å². The average molecular weight is 271 g/mol. The number of benzene rings is 1. The summed E-state index contributed by atoms with van der Waals surface area (Å²) in [6.07, 6.45) is 1.17. The van der Waals surface area contributed by atoms with Gasteiger partial charge in [-0.3, -0.25) is 0 Å². The summed E-state index contributed by atoms with van der Waals surface area (Å²) in [5.74, 6) is -9.27. The Hall–Kier alpha value is -0.820. The molecule has 1 nitrogen and oxygen atoms in total. The molecule has 0 radical (unpaired) electrons. The summed E-state index contributed by atoms with van der Waals surface area (Å²) in [5, 5.41) is 0. The maximum Gasteiger partial charge on any atom is 0.200 e. The van der Waals surface area contributed by atoms with Crippen LogP contribution < -0.4 is 5.73 Å². The van der Waals surface area contributed by atoms with Crippen molar-refractivity contribution in [2.45, 2.75) is 17.7 Å². The number of halogens is 5. The summed E-state index contributed by atoms with van der Waals surface area (Å²) in [5.41, 5.74) is 5.21. The Bertz CT molecular complexity index is 381. The van der Waals surface area contributed by atoms with Gasteiger partial charge in [0.2, 0.25) is 5.82 Å². The molecule has 0 aromatic heterocycles. The number of hydrogen-bond donors (Lipinski definition) is 1. The van der Waals surface area contributed by atoms with E-state index in [1.807, 2.05) is 0 Å². The van der Waals surface area contributed by atoms with E-state index in [2.05, 4.69) is 0 Å². The van der Waals surface area contributed by atoms with Crippen molar-refractivity contribution in [3.8, 4) is 0 Å². The van der Waals surface area contributed by atoms with E-state index in [4.69, 9.17) is 5.73 Å². The molecule has 0 fully saturated rings. The molecule has 0 aliphatic rings. The second kappa shape index (κ2) is 6.20. The molecule has 0 saturated carbocycles. The molecular formula is C10H10F5NS. The lowest BCUT2D eigenvalue weighted by Crippen LogP contribution is -2.04. The van der Waals surface area contributed by atoms with Gasteiger partial charge < -0.3 is 5.73 Å². The molecule has 0 aliphatic heterocycles. The molecule has 0 amide bonds. The fraction of sp³-hybridized carbons (Fsp3) is 0.400. The molecule has 17 heavy (non-hydrogen) atoms. The van der Waals surface area contributed by atoms with Crippen LogP contribution in [0.25, 0.3) is 0 Å². The quantitative estimate of drug-likeness (QED) is 0.292. The van der Waals surface area contributed by atoms with Crippen LogP contribution in [0.15, 0.2) is 4.90 Å². The van der Waals surface area contributed by atoms with E-state index in [9.17, 15) is 22.0 Å². The molecule has 96 valence electrons. The minimum absolute atomic E-state index is 0.246. The largest absolute Gasteiger partial charge is 0.330 e. The summed E-state index contributed by atoms with van der Waals surface area (Å²) >= 11 is 0.598. The van der Waals surface area contributed by atoms with Gasteiger partial charge in [0.15, 0.2) is 23.3 Å². The molecule has 0 heterocycles. The average Bonchev–Trinajstić information content (AvgIpc) is 2.33. The minimum atomic E-state index is -2.13. The molecule has 1 aromatic carbocycles. The minimum Gasteiger partial charge on any atom is -0.330 e. The van der Waals surface area contributed by atoms with Crippen LogP contribution in [0.4, 0.5) is 22.0 Å². The van der Waals surface area contributed by atoms with E-state index in [1.54, 1.807) is 0 Å². The summed E-state index contributed by atoms with van der Waals surface area (Å²) in [4.78, 5) is -0.835. The second-order valence-corrected chi connectivity index (χ2v) is 4.35. The smallest absolute Gasteiger partial charge is 0.200 e. The summed E-state index contributed by atoms with van der Waals surface area (Å²) < 4.78 is 64.5. The Balaban J connectivity index is 2.92. The molecule has 1 aromatic rings. The Morgan fingerprint density at radius 3 is 1.71 bits per heavy atom. The van der Waals surface area contributed by atoms with E-state index in [-0.39, 0.29) is 5.75 Å². The highest BCUT2D eigenvalue weighted by atomic mass is 32.2. The van der Waals surface area contributed by atoms with Crippen LogP contribution in [0.3, 0.4) is 0 Å². The monoisotopic (exact) mass is 271 g/mol. The van der Waals surface area contributed by atoms with Crippen molar-refractivity contribution in [1.29, 1.82) is 0 Å². The standard InChI is InChI=1S/C10H10F5NS/c11-5-6(12)8(14)10(9(15)7(5)13)17-4-2-1-3-16/h1-4,16H2. The lowest BCUT2D eigenvalue weighted by Gasteiger charge is -2.07. The molecule has 2 N–H and O–H groups in total. The molecule has 0 spiro atoms. The maximum atomic E-state index is 13.1. The van der Waals surface area contributed by atoms with Gasteiger partial charge >= 0.3 is 0 Å². The summed E-state index contributed by atoms with van der Waals surface area (Å²) in [7, 11) is 0. The van der Waals surface area contributed by atoms with Crippen molar-refractivity contribution >= 4 is 11.8 Å². The van der Waals surface area contributed by atoms with Gasteiger partial charge in [-0.15, -0.1) is 11.8 Å². The van der Waals surface area contributed by atoms with Crippen LogP contribution in [0, 0.1) is 29.1 Å². The number of thioether (sulfide) groups is 1. The molecule has 0 bridgehead atoms. The first-order valence-electron chi connectivity index (χ1n) is 4.85. The topological polar surface area (TPSA) is 26.0 Å². The van der Waals surface area contributed by atoms with Crippen LogP contribution in [0.1, 0.15) is 12.8 Å². The summed E-state index contributed by atoms with van der Waals surface area (Å²) in [6.45, 7) is 0.414. The number of hydrogen-bond acceptors (Lipinski definition) is 2. The highest BCUT2D eigenvalue weighted by Crippen LogP contribution is 2.31. The first-order valence-corrected chi connectivity index (χ1v) is 5.83. The van der Waals surface area contributed by atoms with Gasteiger partial charge in [-0.25, -0.2) is 22.0 Å². The first-order chi connectivity index (χ1) is 8.00. The van der Waals surface area contributed by atoms with E-state index in [1.165, 1.54) is 0 Å². The van der Waals surface area contributed by atoms with Gasteiger partial charge in [0.1, 0.15) is 0 Å². The lowest BCUT2D eigenvalue weighted by atomic mass is 10.3. The summed E-state index contributed by atoms with van der Waals surface area (Å²) in [6, 6.07) is 0. The molecule has 0 aliphatic carbocycles. The van der Waals surface area contributed by atoms with Crippen LogP contribution in [-0.2, 0) is 0 Å². The van der Waals surface area contributed by atoms with E-state index in [0.29, 0.717) is 31.1 Å². The fourth-order valence-electron chi connectivity index (χ4n) is 1.13. The highest BCUT2D eigenvalue weighted by molar-refractivity contribution is 7.99. The highest BCUT2D eigenvalue weighted by Gasteiger charge is 2.25. The van der Waals surface area contributed by atoms with Crippen LogP contribution >= 0.6 is 11.8 Å². The van der Waals surface area contributed by atoms with E-state index in [0.717, 1.165) is 0 Å². The normalized spacial score (nSPS) is 10.9. The number of rotatable bonds is 5. The Kier molecular flexibility index (Phi) is 5.20. The maximum absolute atomic E-state index is 13.1. The molecule has 0 saturated heterocycles. The predicted molar refractivity (Wildman–Crippen MR) is 55.2 cm³/mol. The van der Waals surface area contributed by atoms with Crippen molar-refractivity contribution in [3.63, 3.8) is 0 Å². The molecule has 7 heteroatoms. The van der Waals surface area contributed by atoms with Gasteiger partial charge in [0.05, 0.1) is 4.90 Å². The zero-order valence-corrected chi connectivity index (χ0v) is 9.52. The molecule has 0 unspecified atom stereocenters. The van der Waals surface area contributed by atoms with Crippen molar-refractivity contribution in [2.75, 3.05) is 12.3 Å². The molecular weight excluding hydrogens is 261 g/mol. The first kappa shape index (κ1) is 14.2. The lowest BCUT2D eigenvalue weighted by molar-refractivity contribution is 0.361. The van der Waals surface area contributed by atoms with Crippen molar-refractivity contribution < 1.29 is 22.0 Å². The Morgan fingerprint density at radius 1 is 0.765 bits per heavy atom. The molecule has 1 rings (SSSR count). The third-order valence-electron chi connectivity index (χ3n) is 2.01. The van der Waals surface area contributed by atoms with Crippen LogP contribution in [-0.4, -0.2) is 12.3 Å². The van der Waals surface area contributed by atoms with Gasteiger partial charge in [-0.05, 0) is 25.1 Å². The van der Waals surface area contributed by atoms with Gasteiger partial charge in [-0.2, -0.15) is 0 Å². The van der Waals surface area contributed by atoms with Gasteiger partial charge in [0, 0.05) is 0 Å². The third-order valence-corrected chi connectivity index (χ3v) is 3.15. The zero-order valence-electron chi connectivity index (χ0n) is 8.70. The van der Waals surface area contributed by atoms with Crippen LogP contribution in [0.2, 0.25) is 0 Å². The Labute approximate surface area is 99.2 Å². The Morgan fingerprint density at radius 2 is 1.24 bits per heavy atom. The van der Waals surface area contributed by atoms with Crippen molar-refractivity contribution in [1.82, 2.24) is 0 Å². The van der Waals surface area contributed by atoms with E-state index < -0.39 is 34.0 Å². The van der Waals surface area contributed by atoms with Crippen LogP contribution in [0.5, 0.6) is 0 Å². The number of nitrogens with two attached hydrogens (primary N) is 1. The number of unbranched alkanes of at least 4 members (excludes halogenated alkanes) is 1. The van der Waals surface area contributed by atoms with Gasteiger partial charge in [0.25, 0.3) is 0 Å². The zero-order chi connectivity index (χ0) is 13.0. The van der Waals surface area contributed by atoms with Gasteiger partial charge in [-0.1, -0.05) is 0 Å². The van der Waals surface area contributed by atoms with Crippen molar-refractivity contribution in [2.24, 2.45) is 5.73 Å². The fourth-order valence-corrected chi connectivity index (χ4v) is 2.12.